The lowest BCUT2D eigenvalue weighted by Crippen LogP contribution is -2.25. The molecule has 5 nitrogen and oxygen atoms in total. The van der Waals surface area contributed by atoms with Gasteiger partial charge in [-0.05, 0) is 39.3 Å². The molecule has 0 aliphatic rings. The van der Waals surface area contributed by atoms with E-state index in [1.807, 2.05) is 29.9 Å². The second-order valence-corrected chi connectivity index (χ2v) is 5.56. The van der Waals surface area contributed by atoms with Crippen molar-refractivity contribution in [3.05, 3.63) is 34.6 Å². The van der Waals surface area contributed by atoms with Gasteiger partial charge in [-0.15, -0.1) is 11.3 Å². The second-order valence-electron chi connectivity index (χ2n) is 4.69. The van der Waals surface area contributed by atoms with Crippen molar-refractivity contribution in [1.82, 2.24) is 14.9 Å². The highest BCUT2D eigenvalue weighted by molar-refractivity contribution is 7.12. The van der Waals surface area contributed by atoms with Gasteiger partial charge in [0.2, 0.25) is 0 Å². The second kappa shape index (κ2) is 6.67. The SMILES string of the molecule is Cc1cc(C(=O)NCCCCN)c(C)n1-c1nccs1. The molecule has 0 unspecified atom stereocenters. The summed E-state index contributed by atoms with van der Waals surface area (Å²) in [6.07, 6.45) is 3.61. The monoisotopic (exact) mass is 292 g/mol. The maximum Gasteiger partial charge on any atom is 0.253 e. The average Bonchev–Trinajstić information content (AvgIpc) is 3.03. The molecule has 20 heavy (non-hydrogen) atoms. The maximum atomic E-state index is 12.2. The number of thiazole rings is 1. The predicted octanol–water partition coefficient (Wildman–Crippen LogP) is 2.02. The fraction of sp³-hybridized carbons (Fsp3) is 0.429. The van der Waals surface area contributed by atoms with E-state index < -0.39 is 0 Å². The van der Waals surface area contributed by atoms with Gasteiger partial charge in [0.15, 0.2) is 5.13 Å². The first-order chi connectivity index (χ1) is 9.65. The van der Waals surface area contributed by atoms with Gasteiger partial charge in [-0.25, -0.2) is 4.98 Å². The number of unbranched alkanes of at least 4 members (excludes halogenated alkanes) is 1. The summed E-state index contributed by atoms with van der Waals surface area (Å²) in [4.78, 5) is 16.5. The molecule has 0 atom stereocenters. The molecular weight excluding hydrogens is 272 g/mol. The molecule has 0 saturated carbocycles. The molecule has 0 aliphatic carbocycles. The molecule has 2 aromatic heterocycles. The van der Waals surface area contributed by atoms with Crippen LogP contribution >= 0.6 is 11.3 Å². The fourth-order valence-electron chi connectivity index (χ4n) is 2.18. The molecule has 108 valence electrons. The van der Waals surface area contributed by atoms with E-state index in [4.69, 9.17) is 5.73 Å². The number of rotatable bonds is 6. The Morgan fingerprint density at radius 1 is 1.45 bits per heavy atom. The quantitative estimate of drug-likeness (QED) is 0.800. The Hall–Kier alpha value is -1.66. The van der Waals surface area contributed by atoms with Crippen molar-refractivity contribution in [2.45, 2.75) is 26.7 Å². The summed E-state index contributed by atoms with van der Waals surface area (Å²) in [5.74, 6) is -0.0297. The molecule has 3 N–H and O–H groups in total. The molecule has 0 radical (unpaired) electrons. The lowest BCUT2D eigenvalue weighted by Gasteiger charge is -2.06. The summed E-state index contributed by atoms with van der Waals surface area (Å²) in [6, 6.07) is 1.91. The van der Waals surface area contributed by atoms with Crippen molar-refractivity contribution < 1.29 is 4.79 Å². The number of amides is 1. The zero-order chi connectivity index (χ0) is 14.5. The van der Waals surface area contributed by atoms with E-state index in [0.717, 1.165) is 29.4 Å². The van der Waals surface area contributed by atoms with Crippen LogP contribution in [0.1, 0.15) is 34.6 Å². The van der Waals surface area contributed by atoms with Gasteiger partial charge in [-0.1, -0.05) is 0 Å². The highest BCUT2D eigenvalue weighted by Crippen LogP contribution is 2.22. The number of hydrogen-bond acceptors (Lipinski definition) is 4. The molecular formula is C14H20N4OS. The Balaban J connectivity index is 2.13. The number of nitrogens with zero attached hydrogens (tertiary/aromatic N) is 2. The van der Waals surface area contributed by atoms with Gasteiger partial charge >= 0.3 is 0 Å². The lowest BCUT2D eigenvalue weighted by atomic mass is 10.2. The molecule has 1 amide bonds. The van der Waals surface area contributed by atoms with E-state index in [1.54, 1.807) is 17.5 Å². The number of hydrogen-bond donors (Lipinski definition) is 2. The lowest BCUT2D eigenvalue weighted by molar-refractivity contribution is 0.0952. The zero-order valence-electron chi connectivity index (χ0n) is 11.8. The first-order valence-electron chi connectivity index (χ1n) is 6.72. The van der Waals surface area contributed by atoms with Crippen LogP contribution in [0, 0.1) is 13.8 Å². The van der Waals surface area contributed by atoms with Gasteiger partial charge in [-0.2, -0.15) is 0 Å². The van der Waals surface area contributed by atoms with Crippen LogP contribution in [0.4, 0.5) is 0 Å². The molecule has 2 heterocycles. The van der Waals surface area contributed by atoms with E-state index in [2.05, 4.69) is 10.3 Å². The third-order valence-electron chi connectivity index (χ3n) is 3.20. The zero-order valence-corrected chi connectivity index (χ0v) is 12.7. The molecule has 0 bridgehead atoms. The number of carbonyl (C=O) groups excluding carboxylic acids is 1. The smallest absolute Gasteiger partial charge is 0.253 e. The minimum atomic E-state index is -0.0297. The highest BCUT2D eigenvalue weighted by atomic mass is 32.1. The Morgan fingerprint density at radius 3 is 2.90 bits per heavy atom. The summed E-state index contributed by atoms with van der Waals surface area (Å²) in [6.45, 7) is 5.26. The fourth-order valence-corrected chi connectivity index (χ4v) is 2.93. The van der Waals surface area contributed by atoms with Crippen molar-refractivity contribution >= 4 is 17.2 Å². The highest BCUT2D eigenvalue weighted by Gasteiger charge is 2.17. The molecule has 0 fully saturated rings. The molecule has 6 heteroatoms. The van der Waals surface area contributed by atoms with E-state index in [9.17, 15) is 4.79 Å². The summed E-state index contributed by atoms with van der Waals surface area (Å²) in [5.41, 5.74) is 8.09. The van der Waals surface area contributed by atoms with Gasteiger partial charge in [0.25, 0.3) is 5.91 Å². The number of carbonyl (C=O) groups is 1. The summed E-state index contributed by atoms with van der Waals surface area (Å²) >= 11 is 1.56. The van der Waals surface area contributed by atoms with E-state index >= 15 is 0 Å². The average molecular weight is 292 g/mol. The van der Waals surface area contributed by atoms with Crippen LogP contribution in [0.5, 0.6) is 0 Å². The molecule has 0 spiro atoms. The van der Waals surface area contributed by atoms with E-state index in [-0.39, 0.29) is 5.91 Å². The normalized spacial score (nSPS) is 10.8. The van der Waals surface area contributed by atoms with Crippen LogP contribution in [0.15, 0.2) is 17.6 Å². The van der Waals surface area contributed by atoms with Crippen molar-refractivity contribution in [2.75, 3.05) is 13.1 Å². The summed E-state index contributed by atoms with van der Waals surface area (Å²) < 4.78 is 2.01. The molecule has 2 aromatic rings. The van der Waals surface area contributed by atoms with Gasteiger partial charge in [0.1, 0.15) is 0 Å². The third kappa shape index (κ3) is 3.08. The van der Waals surface area contributed by atoms with Crippen molar-refractivity contribution in [1.29, 1.82) is 0 Å². The van der Waals surface area contributed by atoms with Crippen LogP contribution in [0.3, 0.4) is 0 Å². The van der Waals surface area contributed by atoms with Crippen LogP contribution < -0.4 is 11.1 Å². The minimum Gasteiger partial charge on any atom is -0.352 e. The van der Waals surface area contributed by atoms with E-state index in [1.165, 1.54) is 0 Å². The molecule has 0 saturated heterocycles. The van der Waals surface area contributed by atoms with Crippen molar-refractivity contribution in [3.8, 4) is 5.13 Å². The van der Waals surface area contributed by atoms with Crippen LogP contribution in [-0.2, 0) is 0 Å². The number of aromatic nitrogens is 2. The Kier molecular flexibility index (Phi) is 4.92. The van der Waals surface area contributed by atoms with Crippen molar-refractivity contribution in [2.24, 2.45) is 5.73 Å². The number of aryl methyl sites for hydroxylation is 1. The Morgan fingerprint density at radius 2 is 2.25 bits per heavy atom. The Labute approximate surface area is 122 Å². The standard InChI is InChI=1S/C14H20N4OS/c1-10-9-12(13(19)16-6-4-3-5-15)11(2)18(10)14-17-7-8-20-14/h7-9H,3-6,15H2,1-2H3,(H,16,19). The maximum absolute atomic E-state index is 12.2. The third-order valence-corrected chi connectivity index (χ3v) is 3.96. The van der Waals surface area contributed by atoms with Gasteiger partial charge < -0.3 is 11.1 Å². The molecule has 0 aliphatic heterocycles. The van der Waals surface area contributed by atoms with E-state index in [0.29, 0.717) is 18.7 Å². The van der Waals surface area contributed by atoms with Crippen LogP contribution in [0.25, 0.3) is 5.13 Å². The molecule has 2 rings (SSSR count). The summed E-state index contributed by atoms with van der Waals surface area (Å²) in [5, 5.41) is 5.76. The topological polar surface area (TPSA) is 72.9 Å². The largest absolute Gasteiger partial charge is 0.352 e. The first-order valence-corrected chi connectivity index (χ1v) is 7.60. The van der Waals surface area contributed by atoms with Gasteiger partial charge in [0.05, 0.1) is 5.56 Å². The number of nitrogens with one attached hydrogen (secondary N) is 1. The first kappa shape index (κ1) is 14.7. The van der Waals surface area contributed by atoms with Crippen LogP contribution in [0.2, 0.25) is 0 Å². The van der Waals surface area contributed by atoms with Gasteiger partial charge in [0, 0.05) is 29.5 Å². The van der Waals surface area contributed by atoms with Gasteiger partial charge in [-0.3, -0.25) is 9.36 Å². The summed E-state index contributed by atoms with van der Waals surface area (Å²) in [7, 11) is 0. The van der Waals surface area contributed by atoms with Crippen LogP contribution in [-0.4, -0.2) is 28.5 Å². The predicted molar refractivity (Wildman–Crippen MR) is 81.5 cm³/mol. The van der Waals surface area contributed by atoms with Crippen molar-refractivity contribution in [3.63, 3.8) is 0 Å². The molecule has 0 aromatic carbocycles. The Bertz CT molecular complexity index is 574. The number of nitrogens with two attached hydrogens (primary N) is 1. The minimum absolute atomic E-state index is 0.0297.